The van der Waals surface area contributed by atoms with Gasteiger partial charge in [0.1, 0.15) is 12.4 Å². The first-order chi connectivity index (χ1) is 8.95. The fraction of sp³-hybridized carbons (Fsp3) is 0.500. The van der Waals surface area contributed by atoms with Gasteiger partial charge in [-0.05, 0) is 17.7 Å². The molecule has 0 unspecified atom stereocenters. The zero-order valence-electron chi connectivity index (χ0n) is 11.4. The monoisotopic (exact) mass is 288 g/mol. The number of ether oxygens (including phenoxy) is 2. The van der Waals surface area contributed by atoms with Crippen molar-refractivity contribution in [1.29, 1.82) is 0 Å². The Morgan fingerprint density at radius 2 is 1.79 bits per heavy atom. The van der Waals surface area contributed by atoms with Crippen LogP contribution in [-0.4, -0.2) is 47.1 Å². The summed E-state index contributed by atoms with van der Waals surface area (Å²) in [6, 6.07) is 7.24. The van der Waals surface area contributed by atoms with E-state index in [0.29, 0.717) is 13.2 Å². The van der Waals surface area contributed by atoms with Crippen molar-refractivity contribution in [3.05, 3.63) is 29.8 Å². The molecule has 108 valence electrons. The largest absolute Gasteiger partial charge is 0.491 e. The molecular weight excluding hydrogens is 268 g/mol. The van der Waals surface area contributed by atoms with Crippen LogP contribution in [0.25, 0.3) is 0 Å². The normalized spacial score (nSPS) is 11.8. The van der Waals surface area contributed by atoms with Crippen molar-refractivity contribution >= 4 is 10.2 Å². The topological polar surface area (TPSA) is 67.9 Å². The molecule has 0 fully saturated rings. The second kappa shape index (κ2) is 7.44. The Bertz CT molecular complexity index is 471. The number of hydrogen-bond donors (Lipinski definition) is 1. The van der Waals surface area contributed by atoms with Crippen LogP contribution >= 0.6 is 0 Å². The average molecular weight is 288 g/mol. The summed E-state index contributed by atoms with van der Waals surface area (Å²) in [4.78, 5) is 0. The summed E-state index contributed by atoms with van der Waals surface area (Å²) in [6.45, 7) is 1.27. The van der Waals surface area contributed by atoms with Gasteiger partial charge in [0.2, 0.25) is 0 Å². The predicted octanol–water partition coefficient (Wildman–Crippen LogP) is 0.608. The number of benzene rings is 1. The van der Waals surface area contributed by atoms with Crippen molar-refractivity contribution < 1.29 is 17.9 Å². The zero-order chi connectivity index (χ0) is 14.3. The predicted molar refractivity (Wildman–Crippen MR) is 73.3 cm³/mol. The fourth-order valence-corrected chi connectivity index (χ4v) is 1.86. The van der Waals surface area contributed by atoms with Gasteiger partial charge in [0.05, 0.1) is 6.61 Å². The molecule has 0 amide bonds. The van der Waals surface area contributed by atoms with Gasteiger partial charge in [-0.1, -0.05) is 12.1 Å². The van der Waals surface area contributed by atoms with Crippen LogP contribution in [-0.2, 0) is 21.5 Å². The third kappa shape index (κ3) is 5.56. The third-order valence-electron chi connectivity index (χ3n) is 2.42. The number of nitrogens with zero attached hydrogens (tertiary/aromatic N) is 1. The number of nitrogens with one attached hydrogen (secondary N) is 1. The van der Waals surface area contributed by atoms with Gasteiger partial charge in [0.15, 0.2) is 0 Å². The summed E-state index contributed by atoms with van der Waals surface area (Å²) >= 11 is 0. The molecule has 1 aromatic carbocycles. The van der Waals surface area contributed by atoms with E-state index in [9.17, 15) is 8.42 Å². The van der Waals surface area contributed by atoms with Crippen molar-refractivity contribution in [1.82, 2.24) is 9.03 Å². The Hall–Kier alpha value is -1.15. The SMILES string of the molecule is COCCOc1ccc(CNS(=O)(=O)N(C)C)cc1. The molecule has 19 heavy (non-hydrogen) atoms. The van der Waals surface area contributed by atoms with Crippen molar-refractivity contribution in [2.24, 2.45) is 0 Å². The molecule has 0 spiro atoms. The maximum absolute atomic E-state index is 11.5. The third-order valence-corrected chi connectivity index (χ3v) is 3.89. The first-order valence-electron chi connectivity index (χ1n) is 5.83. The van der Waals surface area contributed by atoms with E-state index in [1.165, 1.54) is 14.1 Å². The fourth-order valence-electron chi connectivity index (χ4n) is 1.25. The molecule has 1 rings (SSSR count). The average Bonchev–Trinajstić information content (AvgIpc) is 2.38. The lowest BCUT2D eigenvalue weighted by Gasteiger charge is -2.12. The zero-order valence-corrected chi connectivity index (χ0v) is 12.2. The van der Waals surface area contributed by atoms with Gasteiger partial charge in [-0.2, -0.15) is 17.4 Å². The summed E-state index contributed by atoms with van der Waals surface area (Å²) in [7, 11) is 1.19. The lowest BCUT2D eigenvalue weighted by Crippen LogP contribution is -2.35. The van der Waals surface area contributed by atoms with E-state index < -0.39 is 10.2 Å². The van der Waals surface area contributed by atoms with Crippen molar-refractivity contribution in [3.63, 3.8) is 0 Å². The van der Waals surface area contributed by atoms with Crippen LogP contribution in [0.1, 0.15) is 5.56 Å². The molecule has 0 aliphatic rings. The second-order valence-corrected chi connectivity index (χ2v) is 6.06. The maximum Gasteiger partial charge on any atom is 0.279 e. The van der Waals surface area contributed by atoms with Gasteiger partial charge in [0, 0.05) is 27.7 Å². The molecule has 1 N–H and O–H groups in total. The minimum atomic E-state index is -3.39. The first-order valence-corrected chi connectivity index (χ1v) is 7.27. The van der Waals surface area contributed by atoms with Crippen LogP contribution < -0.4 is 9.46 Å². The smallest absolute Gasteiger partial charge is 0.279 e. The molecule has 0 radical (unpaired) electrons. The summed E-state index contributed by atoms with van der Waals surface area (Å²) in [5.74, 6) is 0.733. The van der Waals surface area contributed by atoms with Crippen LogP contribution in [0, 0.1) is 0 Å². The highest BCUT2D eigenvalue weighted by Gasteiger charge is 2.11. The second-order valence-electron chi connectivity index (χ2n) is 4.09. The molecule has 0 aromatic heterocycles. The summed E-state index contributed by atoms with van der Waals surface area (Å²) in [5.41, 5.74) is 0.865. The lowest BCUT2D eigenvalue weighted by atomic mass is 10.2. The van der Waals surface area contributed by atoms with Gasteiger partial charge < -0.3 is 9.47 Å². The molecular formula is C12H20N2O4S. The van der Waals surface area contributed by atoms with Crippen LogP contribution in [0.15, 0.2) is 24.3 Å². The van der Waals surface area contributed by atoms with E-state index in [0.717, 1.165) is 15.6 Å². The summed E-state index contributed by atoms with van der Waals surface area (Å²) in [6.07, 6.45) is 0. The Kier molecular flexibility index (Phi) is 6.23. The Balaban J connectivity index is 2.49. The molecule has 0 saturated heterocycles. The van der Waals surface area contributed by atoms with Crippen LogP contribution in [0.5, 0.6) is 5.75 Å². The molecule has 7 heteroatoms. The van der Waals surface area contributed by atoms with Crippen molar-refractivity contribution in [3.8, 4) is 5.75 Å². The number of hydrogen-bond acceptors (Lipinski definition) is 4. The van der Waals surface area contributed by atoms with Gasteiger partial charge in [0.25, 0.3) is 10.2 Å². The molecule has 6 nitrogen and oxygen atoms in total. The van der Waals surface area contributed by atoms with Gasteiger partial charge in [-0.3, -0.25) is 0 Å². The van der Waals surface area contributed by atoms with E-state index in [1.807, 2.05) is 12.1 Å². The standard InChI is InChI=1S/C12H20N2O4S/c1-14(2)19(15,16)13-10-11-4-6-12(7-5-11)18-9-8-17-3/h4-7,13H,8-10H2,1-3H3. The highest BCUT2D eigenvalue weighted by atomic mass is 32.2. The molecule has 0 saturated carbocycles. The van der Waals surface area contributed by atoms with Crippen LogP contribution in [0.3, 0.4) is 0 Å². The highest BCUT2D eigenvalue weighted by molar-refractivity contribution is 7.87. The van der Waals surface area contributed by atoms with Crippen LogP contribution in [0.4, 0.5) is 0 Å². The molecule has 0 heterocycles. The number of rotatable bonds is 8. The Morgan fingerprint density at radius 3 is 2.32 bits per heavy atom. The van der Waals surface area contributed by atoms with E-state index in [-0.39, 0.29) is 6.54 Å². The molecule has 0 aliphatic heterocycles. The molecule has 0 aliphatic carbocycles. The Labute approximate surface area is 114 Å². The van der Waals surface area contributed by atoms with Gasteiger partial charge in [-0.25, -0.2) is 0 Å². The van der Waals surface area contributed by atoms with E-state index in [4.69, 9.17) is 9.47 Å². The maximum atomic E-state index is 11.5. The van der Waals surface area contributed by atoms with Crippen molar-refractivity contribution in [2.45, 2.75) is 6.54 Å². The van der Waals surface area contributed by atoms with E-state index in [2.05, 4.69) is 4.72 Å². The molecule has 0 bridgehead atoms. The number of methoxy groups -OCH3 is 1. The lowest BCUT2D eigenvalue weighted by molar-refractivity contribution is 0.146. The highest BCUT2D eigenvalue weighted by Crippen LogP contribution is 2.12. The quantitative estimate of drug-likeness (QED) is 0.712. The first kappa shape index (κ1) is 15.9. The minimum Gasteiger partial charge on any atom is -0.491 e. The van der Waals surface area contributed by atoms with E-state index in [1.54, 1.807) is 19.2 Å². The van der Waals surface area contributed by atoms with Gasteiger partial charge >= 0.3 is 0 Å². The van der Waals surface area contributed by atoms with Crippen molar-refractivity contribution in [2.75, 3.05) is 34.4 Å². The summed E-state index contributed by atoms with van der Waals surface area (Å²) in [5, 5.41) is 0. The summed E-state index contributed by atoms with van der Waals surface area (Å²) < 4.78 is 37.0. The molecule has 1 aromatic rings. The van der Waals surface area contributed by atoms with E-state index >= 15 is 0 Å². The minimum absolute atomic E-state index is 0.249. The Morgan fingerprint density at radius 1 is 1.16 bits per heavy atom. The molecule has 0 atom stereocenters. The van der Waals surface area contributed by atoms with Gasteiger partial charge in [-0.15, -0.1) is 0 Å². The van der Waals surface area contributed by atoms with Crippen LogP contribution in [0.2, 0.25) is 0 Å².